The second kappa shape index (κ2) is 7.91. The van der Waals surface area contributed by atoms with Gasteiger partial charge in [-0.3, -0.25) is 9.59 Å². The quantitative estimate of drug-likeness (QED) is 0.896. The van der Waals surface area contributed by atoms with Crippen molar-refractivity contribution in [3.05, 3.63) is 52.2 Å². The maximum Gasteiger partial charge on any atom is 0.262 e. The number of nitrogens with one attached hydrogen (secondary N) is 1. The lowest BCUT2D eigenvalue weighted by Crippen LogP contribution is -2.53. The molecule has 0 saturated heterocycles. The number of para-hydroxylation sites is 1. The number of hydrogen-bond acceptors (Lipinski definition) is 4. The molecule has 2 amide bonds. The molecule has 2 aromatic rings. The number of rotatable bonds is 4. The smallest absolute Gasteiger partial charge is 0.262 e. The average molecular weight is 372 g/mol. The Morgan fingerprint density at radius 3 is 2.69 bits per heavy atom. The molecule has 0 bridgehead atoms. The van der Waals surface area contributed by atoms with Crippen LogP contribution in [-0.2, 0) is 11.3 Å². The minimum atomic E-state index is -0.572. The Balaban J connectivity index is 1.80. The van der Waals surface area contributed by atoms with Crippen LogP contribution >= 0.6 is 11.3 Å². The van der Waals surface area contributed by atoms with Gasteiger partial charge in [-0.15, -0.1) is 11.3 Å². The zero-order valence-electron chi connectivity index (χ0n) is 15.3. The van der Waals surface area contributed by atoms with E-state index in [0.717, 1.165) is 11.3 Å². The first-order valence-corrected chi connectivity index (χ1v) is 9.71. The van der Waals surface area contributed by atoms with E-state index < -0.39 is 6.04 Å². The molecule has 0 radical (unpaired) electrons. The molecule has 6 heteroatoms. The highest BCUT2D eigenvalue weighted by atomic mass is 32.1. The van der Waals surface area contributed by atoms with E-state index in [0.29, 0.717) is 18.0 Å². The van der Waals surface area contributed by atoms with Crippen LogP contribution in [0.5, 0.6) is 5.75 Å². The minimum absolute atomic E-state index is 0.0157. The summed E-state index contributed by atoms with van der Waals surface area (Å²) in [5.74, 6) is 0.528. The first-order valence-electron chi connectivity index (χ1n) is 8.83. The van der Waals surface area contributed by atoms with Crippen LogP contribution in [0.1, 0.15) is 36.0 Å². The lowest BCUT2D eigenvalue weighted by Gasteiger charge is -2.32. The van der Waals surface area contributed by atoms with Crippen LogP contribution in [0.4, 0.5) is 0 Å². The summed E-state index contributed by atoms with van der Waals surface area (Å²) in [5.41, 5.74) is 0.984. The number of fused-ring (bicyclic) bond motifs is 1. The maximum absolute atomic E-state index is 13.3. The Morgan fingerprint density at radius 1 is 1.23 bits per heavy atom. The van der Waals surface area contributed by atoms with Crippen LogP contribution < -0.4 is 10.1 Å². The highest BCUT2D eigenvalue weighted by Gasteiger charge is 2.33. The molecule has 1 aromatic carbocycles. The Kier molecular flexibility index (Phi) is 5.61. The molecule has 138 valence electrons. The average Bonchev–Trinajstić information content (AvgIpc) is 3.11. The molecule has 1 aliphatic rings. The van der Waals surface area contributed by atoms with Gasteiger partial charge in [-0.2, -0.15) is 0 Å². The molecule has 1 N–H and O–H groups in total. The van der Waals surface area contributed by atoms with Gasteiger partial charge in [0.2, 0.25) is 5.91 Å². The van der Waals surface area contributed by atoms with Crippen molar-refractivity contribution < 1.29 is 14.3 Å². The number of amides is 2. The second-order valence-electron chi connectivity index (χ2n) is 6.91. The maximum atomic E-state index is 13.3. The molecule has 0 spiro atoms. The zero-order chi connectivity index (χ0) is 18.7. The molecular formula is C20H24N2O3S. The number of ether oxygens (including phenoxy) is 1. The molecule has 5 nitrogen and oxygen atoms in total. The SMILES string of the molecule is CC(C)C(NC(=O)c1cccs1)C(=O)N1Cc2ccccc2OCC1C. The van der Waals surface area contributed by atoms with Gasteiger partial charge < -0.3 is 15.0 Å². The molecule has 3 rings (SSSR count). The lowest BCUT2D eigenvalue weighted by molar-refractivity contribution is -0.137. The summed E-state index contributed by atoms with van der Waals surface area (Å²) in [6, 6.07) is 10.7. The van der Waals surface area contributed by atoms with Gasteiger partial charge in [0.1, 0.15) is 18.4 Å². The number of benzene rings is 1. The number of carbonyl (C=O) groups is 2. The van der Waals surface area contributed by atoms with Crippen molar-refractivity contribution in [1.82, 2.24) is 10.2 Å². The monoisotopic (exact) mass is 372 g/mol. The van der Waals surface area contributed by atoms with Crippen LogP contribution in [-0.4, -0.2) is 35.4 Å². The Labute approximate surface area is 158 Å². The van der Waals surface area contributed by atoms with E-state index in [1.165, 1.54) is 11.3 Å². The zero-order valence-corrected chi connectivity index (χ0v) is 16.1. The Hall–Kier alpha value is -2.34. The summed E-state index contributed by atoms with van der Waals surface area (Å²) in [6.45, 7) is 6.79. The summed E-state index contributed by atoms with van der Waals surface area (Å²) in [7, 11) is 0. The van der Waals surface area contributed by atoms with Crippen LogP contribution in [0.15, 0.2) is 41.8 Å². The van der Waals surface area contributed by atoms with Crippen molar-refractivity contribution in [1.29, 1.82) is 0 Å². The second-order valence-corrected chi connectivity index (χ2v) is 7.85. The highest BCUT2D eigenvalue weighted by molar-refractivity contribution is 7.12. The summed E-state index contributed by atoms with van der Waals surface area (Å²) in [5, 5.41) is 4.77. The third kappa shape index (κ3) is 3.90. The van der Waals surface area contributed by atoms with Crippen LogP contribution in [0, 0.1) is 5.92 Å². The minimum Gasteiger partial charge on any atom is -0.491 e. The van der Waals surface area contributed by atoms with Gasteiger partial charge in [0.25, 0.3) is 5.91 Å². The molecule has 2 atom stereocenters. The number of hydrogen-bond donors (Lipinski definition) is 1. The Bertz CT molecular complexity index is 773. The first kappa shape index (κ1) is 18.5. The standard InChI is InChI=1S/C20H24N2O3S/c1-13(2)18(21-19(23)17-9-6-10-26-17)20(24)22-11-15-7-4-5-8-16(15)25-12-14(22)3/h4-10,13-14,18H,11-12H2,1-3H3,(H,21,23). The van der Waals surface area contributed by atoms with Crippen LogP contribution in [0.3, 0.4) is 0 Å². The van der Waals surface area contributed by atoms with Crippen molar-refractivity contribution in [2.24, 2.45) is 5.92 Å². The fraction of sp³-hybridized carbons (Fsp3) is 0.400. The molecular weight excluding hydrogens is 348 g/mol. The molecule has 0 aliphatic carbocycles. The fourth-order valence-electron chi connectivity index (χ4n) is 3.02. The third-order valence-corrected chi connectivity index (χ3v) is 5.44. The van der Waals surface area contributed by atoms with Gasteiger partial charge in [0.15, 0.2) is 0 Å². The number of carbonyl (C=O) groups excluding carboxylic acids is 2. The van der Waals surface area contributed by atoms with Crippen molar-refractivity contribution in [2.75, 3.05) is 6.61 Å². The summed E-state index contributed by atoms with van der Waals surface area (Å²) in [6.07, 6.45) is 0. The topological polar surface area (TPSA) is 58.6 Å². The molecule has 0 saturated carbocycles. The van der Waals surface area contributed by atoms with Crippen molar-refractivity contribution in [2.45, 2.75) is 39.4 Å². The normalized spacial score (nSPS) is 17.8. The van der Waals surface area contributed by atoms with Crippen molar-refractivity contribution in [3.8, 4) is 5.75 Å². The van der Waals surface area contributed by atoms with E-state index in [1.54, 1.807) is 6.07 Å². The van der Waals surface area contributed by atoms with Gasteiger partial charge in [-0.25, -0.2) is 0 Å². The summed E-state index contributed by atoms with van der Waals surface area (Å²) in [4.78, 5) is 28.2. The van der Waals surface area contributed by atoms with Crippen LogP contribution in [0.25, 0.3) is 0 Å². The Morgan fingerprint density at radius 2 is 2.00 bits per heavy atom. The molecule has 1 aliphatic heterocycles. The van der Waals surface area contributed by atoms with Gasteiger partial charge in [0.05, 0.1) is 10.9 Å². The van der Waals surface area contributed by atoms with E-state index in [2.05, 4.69) is 5.32 Å². The van der Waals surface area contributed by atoms with Crippen LogP contribution in [0.2, 0.25) is 0 Å². The molecule has 0 fully saturated rings. The van der Waals surface area contributed by atoms with Gasteiger partial charge in [-0.05, 0) is 30.4 Å². The van der Waals surface area contributed by atoms with E-state index in [4.69, 9.17) is 4.74 Å². The van der Waals surface area contributed by atoms with Crippen molar-refractivity contribution in [3.63, 3.8) is 0 Å². The highest BCUT2D eigenvalue weighted by Crippen LogP contribution is 2.26. The number of thiophene rings is 1. The van der Waals surface area contributed by atoms with E-state index >= 15 is 0 Å². The molecule has 1 aromatic heterocycles. The van der Waals surface area contributed by atoms with Gasteiger partial charge in [-0.1, -0.05) is 38.1 Å². The van der Waals surface area contributed by atoms with E-state index in [-0.39, 0.29) is 23.8 Å². The molecule has 26 heavy (non-hydrogen) atoms. The van der Waals surface area contributed by atoms with Gasteiger partial charge >= 0.3 is 0 Å². The molecule has 2 heterocycles. The van der Waals surface area contributed by atoms with E-state index in [9.17, 15) is 9.59 Å². The molecule has 2 unspecified atom stereocenters. The third-order valence-electron chi connectivity index (χ3n) is 4.57. The number of nitrogens with zero attached hydrogens (tertiary/aromatic N) is 1. The lowest BCUT2D eigenvalue weighted by atomic mass is 10.0. The van der Waals surface area contributed by atoms with Crippen molar-refractivity contribution >= 4 is 23.2 Å². The fourth-order valence-corrected chi connectivity index (χ4v) is 3.65. The summed E-state index contributed by atoms with van der Waals surface area (Å²) >= 11 is 1.37. The largest absolute Gasteiger partial charge is 0.491 e. The van der Waals surface area contributed by atoms with E-state index in [1.807, 2.05) is 61.4 Å². The first-order chi connectivity index (χ1) is 12.5. The summed E-state index contributed by atoms with van der Waals surface area (Å²) < 4.78 is 5.84. The predicted molar refractivity (Wildman–Crippen MR) is 102 cm³/mol. The van der Waals surface area contributed by atoms with Gasteiger partial charge in [0, 0.05) is 12.1 Å². The predicted octanol–water partition coefficient (Wildman–Crippen LogP) is 3.31.